The second-order valence-electron chi connectivity index (χ2n) is 5.13. The van der Waals surface area contributed by atoms with Gasteiger partial charge in [-0.25, -0.2) is 9.78 Å². The second kappa shape index (κ2) is 7.90. The first-order chi connectivity index (χ1) is 10.6. The third kappa shape index (κ3) is 4.81. The monoisotopic (exact) mass is 323 g/mol. The van der Waals surface area contributed by atoms with Crippen LogP contribution < -0.4 is 5.32 Å². The van der Waals surface area contributed by atoms with Crippen LogP contribution in [0.4, 0.5) is 4.79 Å². The smallest absolute Gasteiger partial charge is 0.318 e. The molecule has 1 atom stereocenters. The molecule has 2 rings (SSSR count). The van der Waals surface area contributed by atoms with Gasteiger partial charge in [-0.15, -0.1) is 11.3 Å². The minimum Gasteiger partial charge on any atom is -0.395 e. The van der Waals surface area contributed by atoms with Crippen molar-refractivity contribution in [3.63, 3.8) is 0 Å². The van der Waals surface area contributed by atoms with Gasteiger partial charge in [-0.05, 0) is 26.0 Å². The second-order valence-corrected chi connectivity index (χ2v) is 6.50. The standard InChI is InChI=1S/C14H21N5O2S/c1-11(7-19-10-15-9-16-19)17-14(21)18(5-6-20)8-13-4-3-12(2)22-13/h3-4,9-11,20H,5-8H2,1-2H3,(H,17,21)/t11-/m0/s1. The third-order valence-electron chi connectivity index (χ3n) is 3.10. The Hall–Kier alpha value is -1.93. The number of aliphatic hydroxyl groups is 1. The van der Waals surface area contributed by atoms with E-state index >= 15 is 0 Å². The highest BCUT2D eigenvalue weighted by Gasteiger charge is 2.16. The average Bonchev–Trinajstić information content (AvgIpc) is 3.10. The van der Waals surface area contributed by atoms with Crippen molar-refractivity contribution < 1.29 is 9.90 Å². The van der Waals surface area contributed by atoms with Crippen LogP contribution >= 0.6 is 11.3 Å². The molecule has 0 radical (unpaired) electrons. The van der Waals surface area contributed by atoms with Crippen LogP contribution in [0.1, 0.15) is 16.7 Å². The summed E-state index contributed by atoms with van der Waals surface area (Å²) in [6.07, 6.45) is 3.08. The molecule has 2 N–H and O–H groups in total. The number of carbonyl (C=O) groups is 1. The Morgan fingerprint density at radius 3 is 2.95 bits per heavy atom. The lowest BCUT2D eigenvalue weighted by atomic mass is 10.3. The van der Waals surface area contributed by atoms with Gasteiger partial charge in [0.05, 0.1) is 19.7 Å². The molecular formula is C14H21N5O2S. The largest absolute Gasteiger partial charge is 0.395 e. The molecule has 0 aliphatic rings. The van der Waals surface area contributed by atoms with Crippen molar-refractivity contribution in [3.8, 4) is 0 Å². The summed E-state index contributed by atoms with van der Waals surface area (Å²) in [5.74, 6) is 0. The van der Waals surface area contributed by atoms with E-state index in [0.29, 0.717) is 19.6 Å². The number of thiophene rings is 1. The van der Waals surface area contributed by atoms with Crippen LogP contribution in [-0.2, 0) is 13.1 Å². The van der Waals surface area contributed by atoms with Gasteiger partial charge in [0, 0.05) is 22.3 Å². The van der Waals surface area contributed by atoms with E-state index in [2.05, 4.69) is 15.4 Å². The molecule has 0 aromatic carbocycles. The third-order valence-corrected chi connectivity index (χ3v) is 4.08. The van der Waals surface area contributed by atoms with Gasteiger partial charge in [0.2, 0.25) is 0 Å². The molecule has 0 unspecified atom stereocenters. The van der Waals surface area contributed by atoms with Crippen molar-refractivity contribution in [3.05, 3.63) is 34.5 Å². The SMILES string of the molecule is Cc1ccc(CN(CCO)C(=O)N[C@@H](C)Cn2cncn2)s1. The predicted octanol–water partition coefficient (Wildman–Crippen LogP) is 1.24. The van der Waals surface area contributed by atoms with Crippen molar-refractivity contribution in [2.75, 3.05) is 13.2 Å². The lowest BCUT2D eigenvalue weighted by Gasteiger charge is -2.24. The summed E-state index contributed by atoms with van der Waals surface area (Å²) < 4.78 is 1.67. The van der Waals surface area contributed by atoms with Gasteiger partial charge < -0.3 is 15.3 Å². The summed E-state index contributed by atoms with van der Waals surface area (Å²) in [4.78, 5) is 20.1. The molecule has 2 aromatic rings. The minimum atomic E-state index is -0.187. The Morgan fingerprint density at radius 2 is 2.36 bits per heavy atom. The molecule has 0 saturated heterocycles. The summed E-state index contributed by atoms with van der Waals surface area (Å²) in [7, 11) is 0. The lowest BCUT2D eigenvalue weighted by Crippen LogP contribution is -2.45. The number of carbonyl (C=O) groups excluding carboxylic acids is 1. The number of aromatic nitrogens is 3. The van der Waals surface area contributed by atoms with E-state index in [-0.39, 0.29) is 18.7 Å². The van der Waals surface area contributed by atoms with E-state index in [4.69, 9.17) is 5.11 Å². The Morgan fingerprint density at radius 1 is 1.55 bits per heavy atom. The topological polar surface area (TPSA) is 83.3 Å². The fourth-order valence-electron chi connectivity index (χ4n) is 2.09. The van der Waals surface area contributed by atoms with Gasteiger partial charge in [0.1, 0.15) is 12.7 Å². The van der Waals surface area contributed by atoms with E-state index in [1.54, 1.807) is 27.2 Å². The number of rotatable bonds is 7. The van der Waals surface area contributed by atoms with Crippen LogP contribution in [0.5, 0.6) is 0 Å². The maximum absolute atomic E-state index is 12.3. The number of amides is 2. The van der Waals surface area contributed by atoms with Crippen LogP contribution in [0.2, 0.25) is 0 Å². The first kappa shape index (κ1) is 16.4. The summed E-state index contributed by atoms with van der Waals surface area (Å²) in [5, 5.41) is 16.1. The van der Waals surface area contributed by atoms with Gasteiger partial charge in [-0.2, -0.15) is 5.10 Å². The number of nitrogens with zero attached hydrogens (tertiary/aromatic N) is 4. The van der Waals surface area contributed by atoms with Crippen LogP contribution in [0.3, 0.4) is 0 Å². The minimum absolute atomic E-state index is 0.0603. The highest BCUT2D eigenvalue weighted by Crippen LogP contribution is 2.17. The molecule has 2 amide bonds. The Labute approximate surface area is 133 Å². The van der Waals surface area contributed by atoms with E-state index in [1.165, 1.54) is 11.2 Å². The number of hydrogen-bond donors (Lipinski definition) is 2. The molecule has 120 valence electrons. The number of hydrogen-bond acceptors (Lipinski definition) is 5. The predicted molar refractivity (Wildman–Crippen MR) is 84.6 cm³/mol. The Kier molecular flexibility index (Phi) is 5.91. The van der Waals surface area contributed by atoms with Crippen LogP contribution in [-0.4, -0.2) is 50.0 Å². The molecule has 0 aliphatic heterocycles. The van der Waals surface area contributed by atoms with Gasteiger partial charge in [-0.3, -0.25) is 4.68 Å². The molecule has 0 aliphatic carbocycles. The number of urea groups is 1. The van der Waals surface area contributed by atoms with E-state index in [0.717, 1.165) is 4.88 Å². The fraction of sp³-hybridized carbons (Fsp3) is 0.500. The van der Waals surface area contributed by atoms with Crippen molar-refractivity contribution in [2.45, 2.75) is 33.0 Å². The van der Waals surface area contributed by atoms with Gasteiger partial charge >= 0.3 is 6.03 Å². The quantitative estimate of drug-likeness (QED) is 0.803. The van der Waals surface area contributed by atoms with Gasteiger partial charge in [-0.1, -0.05) is 0 Å². The molecular weight excluding hydrogens is 302 g/mol. The van der Waals surface area contributed by atoms with Gasteiger partial charge in [0.15, 0.2) is 0 Å². The number of nitrogens with one attached hydrogen (secondary N) is 1. The van der Waals surface area contributed by atoms with Crippen molar-refractivity contribution in [1.29, 1.82) is 0 Å². The molecule has 0 saturated carbocycles. The highest BCUT2D eigenvalue weighted by atomic mass is 32.1. The highest BCUT2D eigenvalue weighted by molar-refractivity contribution is 7.11. The normalized spacial score (nSPS) is 12.1. The van der Waals surface area contributed by atoms with E-state index in [1.807, 2.05) is 26.0 Å². The molecule has 8 heteroatoms. The maximum atomic E-state index is 12.3. The van der Waals surface area contributed by atoms with Crippen LogP contribution in [0.25, 0.3) is 0 Å². The first-order valence-electron chi connectivity index (χ1n) is 7.12. The molecule has 0 fully saturated rings. The molecule has 7 nitrogen and oxygen atoms in total. The molecule has 2 aromatic heterocycles. The summed E-state index contributed by atoms with van der Waals surface area (Å²) >= 11 is 1.66. The van der Waals surface area contributed by atoms with Crippen LogP contribution in [0.15, 0.2) is 24.8 Å². The molecule has 22 heavy (non-hydrogen) atoms. The van der Waals surface area contributed by atoms with Crippen molar-refractivity contribution in [1.82, 2.24) is 25.0 Å². The molecule has 0 spiro atoms. The summed E-state index contributed by atoms with van der Waals surface area (Å²) in [6.45, 7) is 5.24. The number of aliphatic hydroxyl groups excluding tert-OH is 1. The Balaban J connectivity index is 1.90. The summed E-state index contributed by atoms with van der Waals surface area (Å²) in [5.41, 5.74) is 0. The average molecular weight is 323 g/mol. The Bertz CT molecular complexity index is 584. The zero-order valence-corrected chi connectivity index (χ0v) is 13.6. The summed E-state index contributed by atoms with van der Waals surface area (Å²) in [6, 6.07) is 3.77. The number of aryl methyl sites for hydroxylation is 1. The lowest BCUT2D eigenvalue weighted by molar-refractivity contribution is 0.171. The maximum Gasteiger partial charge on any atom is 0.318 e. The van der Waals surface area contributed by atoms with E-state index in [9.17, 15) is 4.79 Å². The van der Waals surface area contributed by atoms with E-state index < -0.39 is 0 Å². The zero-order chi connectivity index (χ0) is 15.9. The zero-order valence-electron chi connectivity index (χ0n) is 12.8. The molecule has 2 heterocycles. The van der Waals surface area contributed by atoms with Crippen molar-refractivity contribution in [2.24, 2.45) is 0 Å². The molecule has 0 bridgehead atoms. The van der Waals surface area contributed by atoms with Crippen LogP contribution in [0, 0.1) is 6.92 Å². The van der Waals surface area contributed by atoms with Gasteiger partial charge in [0.25, 0.3) is 0 Å². The van der Waals surface area contributed by atoms with Crippen molar-refractivity contribution >= 4 is 17.4 Å². The fourth-order valence-corrected chi connectivity index (χ4v) is 2.99. The first-order valence-corrected chi connectivity index (χ1v) is 7.94.